The molecule has 0 radical (unpaired) electrons. The van der Waals surface area contributed by atoms with Gasteiger partial charge in [-0.05, 0) is 31.5 Å². The Balaban J connectivity index is 1.66. The molecule has 7 nitrogen and oxygen atoms in total. The SMILES string of the molecule is Cc1cc(NC(=O)COc2ccc(Cl)cc2Cl)n([C@@H]2CCS(=O)(=O)C2)n1. The lowest BCUT2D eigenvalue weighted by molar-refractivity contribution is -0.118. The van der Waals surface area contributed by atoms with Gasteiger partial charge in [0.15, 0.2) is 16.4 Å². The second-order valence-electron chi connectivity index (χ2n) is 6.08. The van der Waals surface area contributed by atoms with Crippen molar-refractivity contribution in [2.24, 2.45) is 0 Å². The average Bonchev–Trinajstić information content (AvgIpc) is 3.08. The Bertz CT molecular complexity index is 943. The van der Waals surface area contributed by atoms with Crippen LogP contribution in [0.5, 0.6) is 5.75 Å². The number of anilines is 1. The van der Waals surface area contributed by atoms with Gasteiger partial charge in [-0.15, -0.1) is 0 Å². The van der Waals surface area contributed by atoms with E-state index in [0.717, 1.165) is 0 Å². The molecule has 0 saturated carbocycles. The van der Waals surface area contributed by atoms with E-state index in [1.165, 1.54) is 6.07 Å². The first-order chi connectivity index (χ1) is 12.2. The Morgan fingerprint density at radius 3 is 2.81 bits per heavy atom. The van der Waals surface area contributed by atoms with Crippen LogP contribution in [0, 0.1) is 6.92 Å². The third-order valence-corrected chi connectivity index (χ3v) is 6.21. The van der Waals surface area contributed by atoms with E-state index in [1.54, 1.807) is 29.8 Å². The molecule has 1 saturated heterocycles. The van der Waals surface area contributed by atoms with Crippen LogP contribution in [0.25, 0.3) is 0 Å². The lowest BCUT2D eigenvalue weighted by Gasteiger charge is -2.14. The van der Waals surface area contributed by atoms with Gasteiger partial charge in [0, 0.05) is 11.1 Å². The van der Waals surface area contributed by atoms with Gasteiger partial charge in [0.25, 0.3) is 5.91 Å². The van der Waals surface area contributed by atoms with Gasteiger partial charge in [-0.1, -0.05) is 23.2 Å². The summed E-state index contributed by atoms with van der Waals surface area (Å²) in [4.78, 5) is 12.2. The Kier molecular flexibility index (Phi) is 5.45. The molecule has 1 aliphatic rings. The first-order valence-electron chi connectivity index (χ1n) is 7.88. The normalized spacial score (nSPS) is 18.7. The summed E-state index contributed by atoms with van der Waals surface area (Å²) in [6.07, 6.45) is 0.475. The first-order valence-corrected chi connectivity index (χ1v) is 10.5. The molecule has 1 aromatic carbocycles. The molecule has 0 aliphatic carbocycles. The van der Waals surface area contributed by atoms with Crippen LogP contribution in [-0.2, 0) is 14.6 Å². The Morgan fingerprint density at radius 2 is 2.15 bits per heavy atom. The van der Waals surface area contributed by atoms with Crippen LogP contribution in [-0.4, -0.2) is 42.2 Å². The predicted molar refractivity (Wildman–Crippen MR) is 99.9 cm³/mol. The van der Waals surface area contributed by atoms with Gasteiger partial charge < -0.3 is 10.1 Å². The van der Waals surface area contributed by atoms with Crippen molar-refractivity contribution in [3.63, 3.8) is 0 Å². The van der Waals surface area contributed by atoms with Crippen LogP contribution in [0.2, 0.25) is 10.0 Å². The largest absolute Gasteiger partial charge is 0.482 e. The van der Waals surface area contributed by atoms with Gasteiger partial charge >= 0.3 is 0 Å². The molecule has 2 aromatic rings. The van der Waals surface area contributed by atoms with Crippen LogP contribution < -0.4 is 10.1 Å². The molecule has 2 heterocycles. The average molecular weight is 418 g/mol. The van der Waals surface area contributed by atoms with E-state index in [1.807, 2.05) is 0 Å². The molecule has 10 heteroatoms. The van der Waals surface area contributed by atoms with Crippen LogP contribution in [0.1, 0.15) is 18.2 Å². The van der Waals surface area contributed by atoms with E-state index in [-0.39, 0.29) is 24.2 Å². The molecule has 0 bridgehead atoms. The summed E-state index contributed by atoms with van der Waals surface area (Å²) < 4.78 is 30.4. The van der Waals surface area contributed by atoms with E-state index >= 15 is 0 Å². The Hall–Kier alpha value is -1.77. The number of sulfone groups is 1. The number of rotatable bonds is 5. The molecular weight excluding hydrogens is 401 g/mol. The molecule has 1 N–H and O–H groups in total. The molecule has 1 aliphatic heterocycles. The maximum atomic E-state index is 12.2. The van der Waals surface area contributed by atoms with Gasteiger partial charge in [0.1, 0.15) is 11.6 Å². The van der Waals surface area contributed by atoms with Crippen molar-refractivity contribution in [2.45, 2.75) is 19.4 Å². The second kappa shape index (κ2) is 7.46. The minimum atomic E-state index is -3.06. The zero-order valence-corrected chi connectivity index (χ0v) is 16.2. The molecule has 1 fully saturated rings. The van der Waals surface area contributed by atoms with Crippen LogP contribution in [0.3, 0.4) is 0 Å². The first kappa shape index (κ1) is 19.0. The molecule has 0 unspecified atom stereocenters. The zero-order chi connectivity index (χ0) is 18.9. The van der Waals surface area contributed by atoms with Crippen LogP contribution >= 0.6 is 23.2 Å². The van der Waals surface area contributed by atoms with Crippen molar-refractivity contribution in [3.8, 4) is 5.75 Å². The number of aryl methyl sites for hydroxylation is 1. The molecule has 1 atom stereocenters. The van der Waals surface area contributed by atoms with E-state index in [4.69, 9.17) is 27.9 Å². The number of amides is 1. The number of hydrogen-bond acceptors (Lipinski definition) is 5. The van der Waals surface area contributed by atoms with Crippen molar-refractivity contribution in [1.82, 2.24) is 9.78 Å². The number of ether oxygens (including phenoxy) is 1. The lowest BCUT2D eigenvalue weighted by Crippen LogP contribution is -2.23. The summed E-state index contributed by atoms with van der Waals surface area (Å²) in [6.45, 7) is 1.52. The highest BCUT2D eigenvalue weighted by atomic mass is 35.5. The molecular formula is C16H17Cl2N3O4S. The minimum Gasteiger partial charge on any atom is -0.482 e. The summed E-state index contributed by atoms with van der Waals surface area (Å²) in [7, 11) is -3.06. The number of nitrogens with zero attached hydrogens (tertiary/aromatic N) is 2. The number of nitrogens with one attached hydrogen (secondary N) is 1. The predicted octanol–water partition coefficient (Wildman–Crippen LogP) is 2.88. The van der Waals surface area contributed by atoms with Crippen molar-refractivity contribution in [1.29, 1.82) is 0 Å². The number of carbonyl (C=O) groups is 1. The van der Waals surface area contributed by atoms with Gasteiger partial charge in [0.05, 0.1) is 28.3 Å². The van der Waals surface area contributed by atoms with Crippen molar-refractivity contribution in [3.05, 3.63) is 40.0 Å². The van der Waals surface area contributed by atoms with Crippen LogP contribution in [0.15, 0.2) is 24.3 Å². The smallest absolute Gasteiger partial charge is 0.263 e. The van der Waals surface area contributed by atoms with Gasteiger partial charge in [0.2, 0.25) is 0 Å². The third kappa shape index (κ3) is 4.49. The number of aromatic nitrogens is 2. The minimum absolute atomic E-state index is 0.0217. The van der Waals surface area contributed by atoms with Crippen molar-refractivity contribution in [2.75, 3.05) is 23.4 Å². The number of carbonyl (C=O) groups excluding carboxylic acids is 1. The second-order valence-corrected chi connectivity index (χ2v) is 9.16. The van der Waals surface area contributed by atoms with E-state index in [0.29, 0.717) is 33.7 Å². The number of hydrogen-bond donors (Lipinski definition) is 1. The van der Waals surface area contributed by atoms with Crippen molar-refractivity contribution >= 4 is 44.8 Å². The molecule has 3 rings (SSSR count). The van der Waals surface area contributed by atoms with E-state index < -0.39 is 15.7 Å². The van der Waals surface area contributed by atoms with Crippen molar-refractivity contribution < 1.29 is 17.9 Å². The highest BCUT2D eigenvalue weighted by Gasteiger charge is 2.31. The number of halogens is 2. The summed E-state index contributed by atoms with van der Waals surface area (Å²) in [6, 6.07) is 6.12. The Morgan fingerprint density at radius 1 is 1.38 bits per heavy atom. The zero-order valence-electron chi connectivity index (χ0n) is 13.9. The maximum absolute atomic E-state index is 12.2. The maximum Gasteiger partial charge on any atom is 0.263 e. The van der Waals surface area contributed by atoms with Gasteiger partial charge in [-0.3, -0.25) is 4.79 Å². The summed E-state index contributed by atoms with van der Waals surface area (Å²) >= 11 is 11.8. The fourth-order valence-electron chi connectivity index (χ4n) is 2.77. The highest BCUT2D eigenvalue weighted by molar-refractivity contribution is 7.91. The Labute approximate surface area is 161 Å². The quantitative estimate of drug-likeness (QED) is 0.807. The third-order valence-electron chi connectivity index (χ3n) is 3.93. The number of benzene rings is 1. The van der Waals surface area contributed by atoms with E-state index in [2.05, 4.69) is 10.4 Å². The molecule has 140 valence electrons. The van der Waals surface area contributed by atoms with Crippen LogP contribution in [0.4, 0.5) is 5.82 Å². The molecule has 1 amide bonds. The molecule has 1 aromatic heterocycles. The monoisotopic (exact) mass is 417 g/mol. The molecule has 0 spiro atoms. The lowest BCUT2D eigenvalue weighted by atomic mass is 10.3. The summed E-state index contributed by atoms with van der Waals surface area (Å²) in [5.41, 5.74) is 0.686. The standard InChI is InChI=1S/C16H17Cl2N3O4S/c1-10-6-15(21(20-10)12-4-5-26(23,24)9-12)19-16(22)8-25-14-3-2-11(17)7-13(14)18/h2-3,6-7,12H,4-5,8-9H2,1H3,(H,19,22)/t12-/m1/s1. The summed E-state index contributed by atoms with van der Waals surface area (Å²) in [5, 5.41) is 7.80. The fourth-order valence-corrected chi connectivity index (χ4v) is 4.93. The fraction of sp³-hybridized carbons (Fsp3) is 0.375. The molecule has 26 heavy (non-hydrogen) atoms. The van der Waals surface area contributed by atoms with Gasteiger partial charge in [-0.2, -0.15) is 5.10 Å². The topological polar surface area (TPSA) is 90.3 Å². The summed E-state index contributed by atoms with van der Waals surface area (Å²) in [5.74, 6) is 0.534. The van der Waals surface area contributed by atoms with E-state index in [9.17, 15) is 13.2 Å². The highest BCUT2D eigenvalue weighted by Crippen LogP contribution is 2.28. The van der Waals surface area contributed by atoms with Gasteiger partial charge in [-0.25, -0.2) is 13.1 Å².